The van der Waals surface area contributed by atoms with Crippen molar-refractivity contribution in [3.63, 3.8) is 0 Å². The summed E-state index contributed by atoms with van der Waals surface area (Å²) in [4.78, 5) is 18.4. The van der Waals surface area contributed by atoms with Crippen molar-refractivity contribution in [3.8, 4) is 0 Å². The summed E-state index contributed by atoms with van der Waals surface area (Å²) >= 11 is 0. The Balaban J connectivity index is 1.65. The Hall–Kier alpha value is -1.41. The largest absolute Gasteiger partial charge is 0.349 e. The highest BCUT2D eigenvalue weighted by molar-refractivity contribution is 7.90. The molecule has 0 amide bonds. The van der Waals surface area contributed by atoms with Crippen LogP contribution >= 0.6 is 0 Å². The first-order valence-corrected chi connectivity index (χ1v) is 10.2. The minimum Gasteiger partial charge on any atom is -0.349 e. The van der Waals surface area contributed by atoms with Gasteiger partial charge in [-0.25, -0.2) is 18.1 Å². The van der Waals surface area contributed by atoms with Gasteiger partial charge in [0.2, 0.25) is 10.0 Å². The third-order valence-corrected chi connectivity index (χ3v) is 6.57. The maximum Gasteiger partial charge on any atom is 0.293 e. The fraction of sp³-hybridized carbons (Fsp3) is 0.750. The first kappa shape index (κ1) is 17.4. The molecule has 0 unspecified atom stereocenters. The monoisotopic (exact) mass is 354 g/mol. The van der Waals surface area contributed by atoms with E-state index < -0.39 is 15.3 Å². The standard InChI is InChI=1S/C16H26N4O3S/c1-12(2)9-19-8-7-17-15(16(19)21)20-10-14(11-20)24(22,23)18-13-5-3-4-6-13/h7-8,12-14,18H,3-6,9-11H2,1-2H3. The number of nitrogens with zero attached hydrogens (tertiary/aromatic N) is 3. The molecule has 2 heterocycles. The second kappa shape index (κ2) is 6.84. The van der Waals surface area contributed by atoms with E-state index in [4.69, 9.17) is 0 Å². The third-order valence-electron chi connectivity index (χ3n) is 4.73. The molecular weight excluding hydrogens is 328 g/mol. The van der Waals surface area contributed by atoms with Crippen molar-refractivity contribution in [2.75, 3.05) is 18.0 Å². The molecular formula is C16H26N4O3S. The summed E-state index contributed by atoms with van der Waals surface area (Å²) in [6.45, 7) is 5.39. The molecule has 0 spiro atoms. The summed E-state index contributed by atoms with van der Waals surface area (Å²) < 4.78 is 29.3. The van der Waals surface area contributed by atoms with Crippen LogP contribution in [0, 0.1) is 5.92 Å². The average Bonchev–Trinajstić information content (AvgIpc) is 2.92. The first-order valence-electron chi connectivity index (χ1n) is 8.68. The van der Waals surface area contributed by atoms with E-state index >= 15 is 0 Å². The minimum atomic E-state index is -3.32. The minimum absolute atomic E-state index is 0.0853. The van der Waals surface area contributed by atoms with E-state index in [0.29, 0.717) is 31.4 Å². The van der Waals surface area contributed by atoms with Gasteiger partial charge in [0.25, 0.3) is 5.56 Å². The van der Waals surface area contributed by atoms with Gasteiger partial charge in [0.15, 0.2) is 5.82 Å². The van der Waals surface area contributed by atoms with Crippen LogP contribution < -0.4 is 15.2 Å². The van der Waals surface area contributed by atoms with Crippen LogP contribution in [0.2, 0.25) is 0 Å². The van der Waals surface area contributed by atoms with Gasteiger partial charge in [0.1, 0.15) is 5.25 Å². The summed E-state index contributed by atoms with van der Waals surface area (Å²) in [5, 5.41) is -0.460. The van der Waals surface area contributed by atoms with E-state index in [-0.39, 0.29) is 11.6 Å². The van der Waals surface area contributed by atoms with Gasteiger partial charge >= 0.3 is 0 Å². The molecule has 2 aliphatic rings. The number of hydrogen-bond acceptors (Lipinski definition) is 5. The SMILES string of the molecule is CC(C)Cn1ccnc(N2CC(S(=O)(=O)NC3CCCC3)C2)c1=O. The molecule has 0 aromatic carbocycles. The Morgan fingerprint density at radius 3 is 2.58 bits per heavy atom. The zero-order chi connectivity index (χ0) is 17.3. The third kappa shape index (κ3) is 3.64. The van der Waals surface area contributed by atoms with Gasteiger partial charge in [0.05, 0.1) is 0 Å². The van der Waals surface area contributed by atoms with Gasteiger partial charge in [-0.05, 0) is 18.8 Å². The van der Waals surface area contributed by atoms with Crippen molar-refractivity contribution >= 4 is 15.8 Å². The molecule has 1 saturated heterocycles. The van der Waals surface area contributed by atoms with Crippen LogP contribution in [-0.4, -0.2) is 42.4 Å². The molecule has 1 saturated carbocycles. The molecule has 1 N–H and O–H groups in total. The van der Waals surface area contributed by atoms with E-state index in [2.05, 4.69) is 9.71 Å². The molecule has 1 aliphatic heterocycles. The van der Waals surface area contributed by atoms with E-state index in [1.54, 1.807) is 21.9 Å². The predicted molar refractivity (Wildman–Crippen MR) is 93.6 cm³/mol. The lowest BCUT2D eigenvalue weighted by molar-refractivity contribution is 0.495. The number of nitrogens with one attached hydrogen (secondary N) is 1. The molecule has 0 radical (unpaired) electrons. The molecule has 1 aromatic rings. The summed E-state index contributed by atoms with van der Waals surface area (Å²) in [7, 11) is -3.32. The fourth-order valence-corrected chi connectivity index (χ4v) is 5.01. The van der Waals surface area contributed by atoms with Gasteiger partial charge < -0.3 is 9.47 Å². The molecule has 0 bridgehead atoms. The van der Waals surface area contributed by atoms with Gasteiger partial charge in [-0.2, -0.15) is 0 Å². The highest BCUT2D eigenvalue weighted by atomic mass is 32.2. The van der Waals surface area contributed by atoms with Crippen LogP contribution in [0.25, 0.3) is 0 Å². The van der Waals surface area contributed by atoms with Crippen LogP contribution in [0.1, 0.15) is 39.5 Å². The molecule has 3 rings (SSSR count). The van der Waals surface area contributed by atoms with Gasteiger partial charge in [-0.15, -0.1) is 0 Å². The van der Waals surface area contributed by atoms with Crippen molar-refractivity contribution < 1.29 is 8.42 Å². The lowest BCUT2D eigenvalue weighted by Crippen LogP contribution is -2.60. The number of hydrogen-bond donors (Lipinski definition) is 1. The van der Waals surface area contributed by atoms with E-state index in [1.165, 1.54) is 0 Å². The zero-order valence-corrected chi connectivity index (χ0v) is 15.1. The maximum absolute atomic E-state index is 12.5. The van der Waals surface area contributed by atoms with Crippen molar-refractivity contribution in [3.05, 3.63) is 22.7 Å². The molecule has 7 nitrogen and oxygen atoms in total. The lowest BCUT2D eigenvalue weighted by Gasteiger charge is -2.39. The number of sulfonamides is 1. The molecule has 2 fully saturated rings. The van der Waals surface area contributed by atoms with E-state index in [0.717, 1.165) is 25.7 Å². The Morgan fingerprint density at radius 2 is 1.96 bits per heavy atom. The normalized spacial score (nSPS) is 19.9. The number of rotatable bonds is 6. The van der Waals surface area contributed by atoms with Crippen LogP contribution in [0.3, 0.4) is 0 Å². The number of aromatic nitrogens is 2. The van der Waals surface area contributed by atoms with Crippen LogP contribution in [0.5, 0.6) is 0 Å². The Kier molecular flexibility index (Phi) is 4.96. The van der Waals surface area contributed by atoms with Crippen LogP contribution in [0.4, 0.5) is 5.82 Å². The second-order valence-electron chi connectivity index (χ2n) is 7.27. The Bertz CT molecular complexity index is 732. The topological polar surface area (TPSA) is 84.3 Å². The van der Waals surface area contributed by atoms with E-state index in [9.17, 15) is 13.2 Å². The molecule has 8 heteroatoms. The maximum atomic E-state index is 12.5. The molecule has 1 aliphatic carbocycles. The Morgan fingerprint density at radius 1 is 1.29 bits per heavy atom. The lowest BCUT2D eigenvalue weighted by atomic mass is 10.2. The summed E-state index contributed by atoms with van der Waals surface area (Å²) in [6, 6.07) is 0.0853. The quantitative estimate of drug-likeness (QED) is 0.822. The van der Waals surface area contributed by atoms with E-state index in [1.807, 2.05) is 13.8 Å². The average molecular weight is 354 g/mol. The molecule has 24 heavy (non-hydrogen) atoms. The summed E-state index contributed by atoms with van der Waals surface area (Å²) in [6.07, 6.45) is 7.32. The van der Waals surface area contributed by atoms with Crippen molar-refractivity contribution in [2.45, 2.75) is 57.4 Å². The fourth-order valence-electron chi connectivity index (χ4n) is 3.37. The predicted octanol–water partition coefficient (Wildman–Crippen LogP) is 0.950. The van der Waals surface area contributed by atoms with Crippen molar-refractivity contribution in [1.29, 1.82) is 0 Å². The van der Waals surface area contributed by atoms with Crippen LogP contribution in [0.15, 0.2) is 17.2 Å². The van der Waals surface area contributed by atoms with Gasteiger partial charge in [-0.1, -0.05) is 26.7 Å². The molecule has 0 atom stereocenters. The van der Waals surface area contributed by atoms with Gasteiger partial charge in [-0.3, -0.25) is 4.79 Å². The van der Waals surface area contributed by atoms with Crippen molar-refractivity contribution in [2.24, 2.45) is 5.92 Å². The highest BCUT2D eigenvalue weighted by Gasteiger charge is 2.40. The summed E-state index contributed by atoms with van der Waals surface area (Å²) in [5.41, 5.74) is -0.147. The second-order valence-corrected chi connectivity index (χ2v) is 9.27. The summed E-state index contributed by atoms with van der Waals surface area (Å²) in [5.74, 6) is 0.712. The van der Waals surface area contributed by atoms with Gasteiger partial charge in [0, 0.05) is 38.1 Å². The Labute approximate surface area is 143 Å². The van der Waals surface area contributed by atoms with Crippen molar-refractivity contribution in [1.82, 2.24) is 14.3 Å². The number of anilines is 1. The molecule has 134 valence electrons. The first-order chi connectivity index (χ1) is 11.4. The van der Waals surface area contributed by atoms with Crippen LogP contribution in [-0.2, 0) is 16.6 Å². The highest BCUT2D eigenvalue weighted by Crippen LogP contribution is 2.23. The smallest absolute Gasteiger partial charge is 0.293 e. The molecule has 1 aromatic heterocycles. The zero-order valence-electron chi connectivity index (χ0n) is 14.3.